The highest BCUT2D eigenvalue weighted by molar-refractivity contribution is 6.02. The lowest BCUT2D eigenvalue weighted by Crippen LogP contribution is -2.36. The Bertz CT molecular complexity index is 877. The van der Waals surface area contributed by atoms with Crippen LogP contribution in [0.2, 0.25) is 0 Å². The van der Waals surface area contributed by atoms with Gasteiger partial charge >= 0.3 is 12.1 Å². The number of rotatable bonds is 6. The number of hydrogen-bond donors (Lipinski definition) is 1. The standard InChI is InChI=1S/C16H16F3N3O4/c1-2-7-22-14(24)11-6-4-3-5-10(11)13(21-22)15(25)26-8-12(23)20-9-16(17,18)19/h3-6H,2,7-9H2,1H3,(H,20,23). The molecule has 0 saturated carbocycles. The molecule has 0 aliphatic rings. The predicted octanol–water partition coefficient (Wildman–Crippen LogP) is 1.64. The molecular weight excluding hydrogens is 355 g/mol. The fraction of sp³-hybridized carbons (Fsp3) is 0.375. The van der Waals surface area contributed by atoms with Crippen molar-refractivity contribution >= 4 is 22.6 Å². The number of benzene rings is 1. The number of aryl methyl sites for hydroxylation is 1. The van der Waals surface area contributed by atoms with Gasteiger partial charge in [0.05, 0.1) is 5.39 Å². The third kappa shape index (κ3) is 4.80. The summed E-state index contributed by atoms with van der Waals surface area (Å²) >= 11 is 0. The van der Waals surface area contributed by atoms with Crippen molar-refractivity contribution in [2.75, 3.05) is 13.2 Å². The largest absolute Gasteiger partial charge is 0.451 e. The monoisotopic (exact) mass is 371 g/mol. The molecule has 0 saturated heterocycles. The van der Waals surface area contributed by atoms with E-state index in [1.165, 1.54) is 12.1 Å². The summed E-state index contributed by atoms with van der Waals surface area (Å²) < 4.78 is 42.0. The number of carbonyl (C=O) groups excluding carboxylic acids is 2. The molecule has 1 N–H and O–H groups in total. The fourth-order valence-corrected chi connectivity index (χ4v) is 2.20. The molecule has 1 amide bonds. The second kappa shape index (κ2) is 7.98. The van der Waals surface area contributed by atoms with Gasteiger partial charge in [0.15, 0.2) is 12.3 Å². The van der Waals surface area contributed by atoms with Crippen molar-refractivity contribution in [2.45, 2.75) is 26.1 Å². The molecule has 1 aromatic heterocycles. The molecule has 0 radical (unpaired) electrons. The van der Waals surface area contributed by atoms with Gasteiger partial charge in [0.25, 0.3) is 11.5 Å². The zero-order valence-corrected chi connectivity index (χ0v) is 13.8. The number of esters is 1. The van der Waals surface area contributed by atoms with Gasteiger partial charge in [-0.1, -0.05) is 25.1 Å². The number of aromatic nitrogens is 2. The van der Waals surface area contributed by atoms with Gasteiger partial charge in [0.1, 0.15) is 6.54 Å². The zero-order valence-electron chi connectivity index (χ0n) is 13.8. The topological polar surface area (TPSA) is 90.3 Å². The van der Waals surface area contributed by atoms with E-state index in [0.717, 1.165) is 4.68 Å². The summed E-state index contributed by atoms with van der Waals surface area (Å²) in [5.74, 6) is -2.10. The number of nitrogens with zero attached hydrogens (tertiary/aromatic N) is 2. The molecule has 10 heteroatoms. The lowest BCUT2D eigenvalue weighted by atomic mass is 10.1. The SMILES string of the molecule is CCCn1nc(C(=O)OCC(=O)NCC(F)(F)F)c2ccccc2c1=O. The van der Waals surface area contributed by atoms with Crippen molar-refractivity contribution in [1.82, 2.24) is 15.1 Å². The maximum absolute atomic E-state index is 12.3. The van der Waals surface area contributed by atoms with Crippen LogP contribution in [0.1, 0.15) is 23.8 Å². The van der Waals surface area contributed by atoms with E-state index in [1.54, 1.807) is 17.4 Å². The van der Waals surface area contributed by atoms with Gasteiger partial charge in [-0.3, -0.25) is 9.59 Å². The third-order valence-electron chi connectivity index (χ3n) is 3.32. The van der Waals surface area contributed by atoms with E-state index in [1.807, 2.05) is 6.92 Å². The third-order valence-corrected chi connectivity index (χ3v) is 3.32. The van der Waals surface area contributed by atoms with Gasteiger partial charge in [0, 0.05) is 11.9 Å². The molecule has 0 spiro atoms. The number of alkyl halides is 3. The van der Waals surface area contributed by atoms with Crippen LogP contribution in [0.4, 0.5) is 13.2 Å². The van der Waals surface area contributed by atoms with Crippen molar-refractivity contribution < 1.29 is 27.5 Å². The molecule has 7 nitrogen and oxygen atoms in total. The number of halogens is 3. The van der Waals surface area contributed by atoms with Gasteiger partial charge in [0.2, 0.25) is 0 Å². The first-order chi connectivity index (χ1) is 12.2. The van der Waals surface area contributed by atoms with Crippen LogP contribution in [-0.2, 0) is 16.1 Å². The highest BCUT2D eigenvalue weighted by Crippen LogP contribution is 2.15. The minimum absolute atomic E-state index is 0.183. The maximum atomic E-state index is 12.3. The average molecular weight is 371 g/mol. The summed E-state index contributed by atoms with van der Waals surface area (Å²) in [6.45, 7) is -0.313. The number of hydrogen-bond acceptors (Lipinski definition) is 5. The van der Waals surface area contributed by atoms with Crippen LogP contribution in [0.3, 0.4) is 0 Å². The van der Waals surface area contributed by atoms with Gasteiger partial charge in [-0.25, -0.2) is 9.48 Å². The Balaban J connectivity index is 2.20. The Kier molecular flexibility index (Phi) is 5.96. The lowest BCUT2D eigenvalue weighted by molar-refractivity contribution is -0.140. The minimum Gasteiger partial charge on any atom is -0.451 e. The van der Waals surface area contributed by atoms with E-state index >= 15 is 0 Å². The zero-order chi connectivity index (χ0) is 19.3. The van der Waals surface area contributed by atoms with Crippen molar-refractivity contribution in [3.8, 4) is 0 Å². The lowest BCUT2D eigenvalue weighted by Gasteiger charge is -2.11. The first kappa shape index (κ1) is 19.4. The normalized spacial score (nSPS) is 11.4. The summed E-state index contributed by atoms with van der Waals surface area (Å²) in [6, 6.07) is 6.25. The Morgan fingerprint density at radius 3 is 2.50 bits per heavy atom. The molecular formula is C16H16F3N3O4. The molecule has 0 atom stereocenters. The van der Waals surface area contributed by atoms with E-state index in [2.05, 4.69) is 5.10 Å². The summed E-state index contributed by atoms with van der Waals surface area (Å²) in [5.41, 5.74) is -0.556. The summed E-state index contributed by atoms with van der Waals surface area (Å²) in [6.07, 6.45) is -3.97. The predicted molar refractivity (Wildman–Crippen MR) is 85.6 cm³/mol. The molecule has 1 heterocycles. The number of fused-ring (bicyclic) bond motifs is 1. The first-order valence-electron chi connectivity index (χ1n) is 7.73. The Labute approximate surface area is 145 Å². The van der Waals surface area contributed by atoms with Crippen molar-refractivity contribution in [2.24, 2.45) is 0 Å². The summed E-state index contributed by atoms with van der Waals surface area (Å²) in [5, 5.41) is 6.06. The van der Waals surface area contributed by atoms with Crippen molar-refractivity contribution in [1.29, 1.82) is 0 Å². The van der Waals surface area contributed by atoms with Crippen LogP contribution in [0.25, 0.3) is 10.8 Å². The van der Waals surface area contributed by atoms with Crippen LogP contribution in [-0.4, -0.2) is 41.0 Å². The highest BCUT2D eigenvalue weighted by atomic mass is 19.4. The fourth-order valence-electron chi connectivity index (χ4n) is 2.20. The van der Waals surface area contributed by atoms with Crippen molar-refractivity contribution in [3.63, 3.8) is 0 Å². The summed E-state index contributed by atoms with van der Waals surface area (Å²) in [4.78, 5) is 35.9. The molecule has 0 aliphatic heterocycles. The Morgan fingerprint density at radius 1 is 1.23 bits per heavy atom. The van der Waals surface area contributed by atoms with E-state index in [-0.39, 0.29) is 28.6 Å². The molecule has 2 aromatic rings. The Hall–Kier alpha value is -2.91. The van der Waals surface area contributed by atoms with E-state index in [4.69, 9.17) is 4.74 Å². The molecule has 0 aliphatic carbocycles. The molecule has 0 bridgehead atoms. The molecule has 0 unspecified atom stereocenters. The van der Waals surface area contributed by atoms with Gasteiger partial charge < -0.3 is 10.1 Å². The van der Waals surface area contributed by atoms with Crippen LogP contribution >= 0.6 is 0 Å². The maximum Gasteiger partial charge on any atom is 0.405 e. The Morgan fingerprint density at radius 2 is 1.88 bits per heavy atom. The quantitative estimate of drug-likeness (QED) is 0.780. The number of nitrogens with one attached hydrogen (secondary N) is 1. The van der Waals surface area contributed by atoms with Gasteiger partial charge in [-0.15, -0.1) is 0 Å². The smallest absolute Gasteiger partial charge is 0.405 e. The molecule has 2 rings (SSSR count). The number of amides is 1. The second-order valence-corrected chi connectivity index (χ2v) is 5.39. The number of carbonyl (C=O) groups is 2. The van der Waals surface area contributed by atoms with Crippen LogP contribution in [0.5, 0.6) is 0 Å². The highest BCUT2D eigenvalue weighted by Gasteiger charge is 2.28. The molecule has 140 valence electrons. The van der Waals surface area contributed by atoms with Gasteiger partial charge in [-0.05, 0) is 12.5 Å². The van der Waals surface area contributed by atoms with Crippen LogP contribution in [0.15, 0.2) is 29.1 Å². The van der Waals surface area contributed by atoms with Crippen LogP contribution < -0.4 is 10.9 Å². The number of ether oxygens (including phenoxy) is 1. The average Bonchev–Trinajstić information content (AvgIpc) is 2.60. The van der Waals surface area contributed by atoms with E-state index in [9.17, 15) is 27.6 Å². The summed E-state index contributed by atoms with van der Waals surface area (Å²) in [7, 11) is 0. The van der Waals surface area contributed by atoms with Crippen molar-refractivity contribution in [3.05, 3.63) is 40.3 Å². The van der Waals surface area contributed by atoms with Crippen LogP contribution in [0, 0.1) is 0 Å². The minimum atomic E-state index is -4.56. The molecule has 0 fully saturated rings. The molecule has 26 heavy (non-hydrogen) atoms. The van der Waals surface area contributed by atoms with E-state index in [0.29, 0.717) is 6.42 Å². The molecule has 1 aromatic carbocycles. The second-order valence-electron chi connectivity index (χ2n) is 5.39. The van der Waals surface area contributed by atoms with E-state index < -0.39 is 31.2 Å². The first-order valence-corrected chi connectivity index (χ1v) is 7.73. The van der Waals surface area contributed by atoms with Gasteiger partial charge in [-0.2, -0.15) is 18.3 Å².